The second-order valence-corrected chi connectivity index (χ2v) is 4.28. The van der Waals surface area contributed by atoms with E-state index in [4.69, 9.17) is 39.9 Å². The molecule has 1 aromatic heterocycles. The van der Waals surface area contributed by atoms with Crippen molar-refractivity contribution in [2.45, 2.75) is 13.0 Å². The van der Waals surface area contributed by atoms with E-state index in [1.165, 1.54) is 6.92 Å². The minimum atomic E-state index is -1.17. The Morgan fingerprint density at radius 3 is 2.47 bits per heavy atom. The third-order valence-corrected chi connectivity index (χ3v) is 3.09. The molecular formula is C9H7Cl3N2O3. The van der Waals surface area contributed by atoms with E-state index in [9.17, 15) is 9.59 Å². The van der Waals surface area contributed by atoms with Crippen LogP contribution in [0, 0.1) is 0 Å². The number of aromatic nitrogens is 1. The Labute approximate surface area is 112 Å². The maximum Gasteiger partial charge on any atom is 0.325 e. The zero-order valence-corrected chi connectivity index (χ0v) is 10.8. The summed E-state index contributed by atoms with van der Waals surface area (Å²) in [4.78, 5) is 25.9. The number of carboxylic acid groups (broad SMARTS) is 1. The van der Waals surface area contributed by atoms with Crippen LogP contribution in [0.2, 0.25) is 15.1 Å². The average Bonchev–Trinajstić information content (AvgIpc) is 2.25. The van der Waals surface area contributed by atoms with Gasteiger partial charge < -0.3 is 10.4 Å². The topological polar surface area (TPSA) is 79.3 Å². The predicted molar refractivity (Wildman–Crippen MR) is 63.8 cm³/mol. The monoisotopic (exact) mass is 296 g/mol. The molecule has 1 atom stereocenters. The van der Waals surface area contributed by atoms with Crippen molar-refractivity contribution >= 4 is 46.7 Å². The fourth-order valence-corrected chi connectivity index (χ4v) is 1.49. The van der Waals surface area contributed by atoms with Crippen LogP contribution in [-0.4, -0.2) is 28.0 Å². The van der Waals surface area contributed by atoms with Crippen molar-refractivity contribution < 1.29 is 14.7 Å². The Bertz CT molecular complexity index is 479. The summed E-state index contributed by atoms with van der Waals surface area (Å²) in [5.41, 5.74) is -0.172. The summed E-state index contributed by atoms with van der Waals surface area (Å²) in [7, 11) is 0. The van der Waals surface area contributed by atoms with Crippen molar-refractivity contribution in [1.29, 1.82) is 0 Å². The molecule has 1 aromatic rings. The molecule has 0 aliphatic rings. The van der Waals surface area contributed by atoms with Crippen LogP contribution < -0.4 is 5.32 Å². The van der Waals surface area contributed by atoms with E-state index in [1.807, 2.05) is 0 Å². The predicted octanol–water partition coefficient (Wildman–Crippen LogP) is 2.24. The fraction of sp³-hybridized carbons (Fsp3) is 0.222. The third-order valence-electron chi connectivity index (χ3n) is 1.85. The molecule has 8 heteroatoms. The van der Waals surface area contributed by atoms with Gasteiger partial charge in [-0.2, -0.15) is 0 Å². The first kappa shape index (κ1) is 14.0. The van der Waals surface area contributed by atoms with E-state index in [1.54, 1.807) is 0 Å². The number of aliphatic carboxylic acids is 1. The number of carboxylic acids is 1. The summed E-state index contributed by atoms with van der Waals surface area (Å²) in [6.45, 7) is 1.31. The Morgan fingerprint density at radius 2 is 1.94 bits per heavy atom. The molecule has 0 bridgehead atoms. The second-order valence-electron chi connectivity index (χ2n) is 3.12. The van der Waals surface area contributed by atoms with Gasteiger partial charge in [0, 0.05) is 6.20 Å². The summed E-state index contributed by atoms with van der Waals surface area (Å²) in [6, 6.07) is -1.06. The number of nitrogens with zero attached hydrogens (tertiary/aromatic N) is 1. The van der Waals surface area contributed by atoms with E-state index < -0.39 is 17.9 Å². The van der Waals surface area contributed by atoms with Gasteiger partial charge in [0.05, 0.1) is 15.1 Å². The van der Waals surface area contributed by atoms with E-state index in [-0.39, 0.29) is 20.8 Å². The van der Waals surface area contributed by atoms with E-state index in [0.717, 1.165) is 6.20 Å². The molecule has 92 valence electrons. The third kappa shape index (κ3) is 3.21. The Hall–Kier alpha value is -1.04. The Morgan fingerprint density at radius 1 is 1.35 bits per heavy atom. The number of amides is 1. The molecule has 1 amide bonds. The van der Waals surface area contributed by atoms with Gasteiger partial charge in [0.2, 0.25) is 0 Å². The van der Waals surface area contributed by atoms with Gasteiger partial charge in [-0.1, -0.05) is 34.8 Å². The quantitative estimate of drug-likeness (QED) is 0.897. The first-order valence-electron chi connectivity index (χ1n) is 4.37. The summed E-state index contributed by atoms with van der Waals surface area (Å²) in [5, 5.41) is 10.8. The number of hydrogen-bond donors (Lipinski definition) is 2. The van der Waals surface area contributed by atoms with Crippen LogP contribution in [0.1, 0.15) is 17.4 Å². The van der Waals surface area contributed by atoms with E-state index in [0.29, 0.717) is 0 Å². The summed E-state index contributed by atoms with van der Waals surface area (Å²) >= 11 is 17.1. The molecule has 1 heterocycles. The zero-order valence-electron chi connectivity index (χ0n) is 8.50. The molecule has 0 aliphatic carbocycles. The lowest BCUT2D eigenvalue weighted by atomic mass is 10.3. The van der Waals surface area contributed by atoms with Gasteiger partial charge in [0.25, 0.3) is 5.91 Å². The van der Waals surface area contributed by atoms with Gasteiger partial charge in [-0.3, -0.25) is 9.59 Å². The highest BCUT2D eigenvalue weighted by Gasteiger charge is 2.20. The number of pyridine rings is 1. The van der Waals surface area contributed by atoms with Crippen LogP contribution in [-0.2, 0) is 4.79 Å². The van der Waals surface area contributed by atoms with Crippen LogP contribution in [0.15, 0.2) is 6.20 Å². The molecule has 17 heavy (non-hydrogen) atoms. The number of hydrogen-bond acceptors (Lipinski definition) is 3. The SMILES string of the molecule is C[C@@H](NC(=O)c1ncc(Cl)c(Cl)c1Cl)C(=O)O. The van der Waals surface area contributed by atoms with Crippen molar-refractivity contribution in [3.8, 4) is 0 Å². The first-order chi connectivity index (χ1) is 7.84. The highest BCUT2D eigenvalue weighted by atomic mass is 35.5. The number of carbonyl (C=O) groups excluding carboxylic acids is 1. The zero-order chi connectivity index (χ0) is 13.2. The van der Waals surface area contributed by atoms with Crippen molar-refractivity contribution in [2.24, 2.45) is 0 Å². The molecule has 0 aliphatic heterocycles. The molecule has 0 spiro atoms. The largest absolute Gasteiger partial charge is 0.480 e. The highest BCUT2D eigenvalue weighted by molar-refractivity contribution is 6.48. The Kier molecular flexibility index (Phi) is 4.56. The maximum absolute atomic E-state index is 11.6. The van der Waals surface area contributed by atoms with Crippen molar-refractivity contribution in [2.75, 3.05) is 0 Å². The van der Waals surface area contributed by atoms with Gasteiger partial charge >= 0.3 is 5.97 Å². The smallest absolute Gasteiger partial charge is 0.325 e. The minimum Gasteiger partial charge on any atom is -0.480 e. The van der Waals surface area contributed by atoms with Crippen molar-refractivity contribution in [3.63, 3.8) is 0 Å². The molecule has 5 nitrogen and oxygen atoms in total. The molecule has 1 rings (SSSR count). The maximum atomic E-state index is 11.6. The van der Waals surface area contributed by atoms with Gasteiger partial charge in [-0.25, -0.2) is 4.98 Å². The number of halogens is 3. The number of rotatable bonds is 3. The lowest BCUT2D eigenvalue weighted by Crippen LogP contribution is -2.38. The van der Waals surface area contributed by atoms with Crippen LogP contribution in [0.25, 0.3) is 0 Å². The van der Waals surface area contributed by atoms with E-state index >= 15 is 0 Å². The second kappa shape index (κ2) is 5.53. The molecule has 2 N–H and O–H groups in total. The Balaban J connectivity index is 2.98. The highest BCUT2D eigenvalue weighted by Crippen LogP contribution is 2.30. The molecular weight excluding hydrogens is 290 g/mol. The minimum absolute atomic E-state index is 0.00328. The number of carbonyl (C=O) groups is 2. The summed E-state index contributed by atoms with van der Waals surface area (Å²) in [6.07, 6.45) is 1.16. The van der Waals surface area contributed by atoms with Gasteiger partial charge in [-0.05, 0) is 6.92 Å². The van der Waals surface area contributed by atoms with Crippen molar-refractivity contribution in [3.05, 3.63) is 27.0 Å². The normalized spacial score (nSPS) is 12.0. The summed E-state index contributed by atoms with van der Waals surface area (Å²) < 4.78 is 0. The van der Waals surface area contributed by atoms with Crippen LogP contribution in [0.4, 0.5) is 0 Å². The lowest BCUT2D eigenvalue weighted by molar-refractivity contribution is -0.138. The number of nitrogens with one attached hydrogen (secondary N) is 1. The van der Waals surface area contributed by atoms with Gasteiger partial charge in [-0.15, -0.1) is 0 Å². The van der Waals surface area contributed by atoms with Crippen LogP contribution in [0.3, 0.4) is 0 Å². The molecule has 0 fully saturated rings. The molecule has 0 aromatic carbocycles. The summed E-state index contributed by atoms with van der Waals surface area (Å²) in [5.74, 6) is -1.90. The molecule has 0 radical (unpaired) electrons. The average molecular weight is 298 g/mol. The van der Waals surface area contributed by atoms with Crippen molar-refractivity contribution in [1.82, 2.24) is 10.3 Å². The lowest BCUT2D eigenvalue weighted by Gasteiger charge is -2.10. The standard InChI is InChI=1S/C9H7Cl3N2O3/c1-3(9(16)17)14-8(15)7-6(12)5(11)4(10)2-13-7/h2-3H,1H3,(H,14,15)(H,16,17)/t3-/m1/s1. The molecule has 0 saturated heterocycles. The fourth-order valence-electron chi connectivity index (χ4n) is 0.928. The molecule has 0 saturated carbocycles. The first-order valence-corrected chi connectivity index (χ1v) is 5.51. The van der Waals surface area contributed by atoms with Crippen LogP contribution in [0.5, 0.6) is 0 Å². The van der Waals surface area contributed by atoms with Gasteiger partial charge in [0.1, 0.15) is 11.7 Å². The van der Waals surface area contributed by atoms with Gasteiger partial charge in [0.15, 0.2) is 0 Å². The molecule has 0 unspecified atom stereocenters. The van der Waals surface area contributed by atoms with E-state index in [2.05, 4.69) is 10.3 Å². The van der Waals surface area contributed by atoms with Crippen LogP contribution >= 0.6 is 34.8 Å².